The Balaban J connectivity index is -0.000000240. The third-order valence-electron chi connectivity index (χ3n) is 1.63. The second kappa shape index (κ2) is 18.1. The van der Waals surface area contributed by atoms with Gasteiger partial charge in [0.15, 0.2) is 0 Å². The molecule has 0 aromatic heterocycles. The Labute approximate surface area is 125 Å². The second-order valence-corrected chi connectivity index (χ2v) is 3.97. The predicted molar refractivity (Wildman–Crippen MR) is 77.0 cm³/mol. The lowest BCUT2D eigenvalue weighted by atomic mass is 10.3. The molecule has 0 saturated carbocycles. The topological polar surface area (TPSA) is 118 Å². The smallest absolute Gasteiger partial charge is 0.313 e. The van der Waals surface area contributed by atoms with Crippen LogP contribution in [-0.4, -0.2) is 40.5 Å². The molecule has 0 heterocycles. The first-order chi connectivity index (χ1) is 9.70. The van der Waals surface area contributed by atoms with Gasteiger partial charge in [0.2, 0.25) is 0 Å². The summed E-state index contributed by atoms with van der Waals surface area (Å²) in [5.41, 5.74) is 0. The molecule has 0 aromatic carbocycles. The quantitative estimate of drug-likeness (QED) is 0.547. The third-order valence-corrected chi connectivity index (χ3v) is 1.63. The van der Waals surface area contributed by atoms with E-state index in [-0.39, 0.29) is 12.2 Å². The minimum absolute atomic E-state index is 0.103. The van der Waals surface area contributed by atoms with Crippen molar-refractivity contribution in [1.29, 1.82) is 0 Å². The fourth-order valence-electron chi connectivity index (χ4n) is 0.843. The monoisotopic (exact) mass is 306 g/mol. The zero-order valence-electron chi connectivity index (χ0n) is 13.2. The van der Waals surface area contributed by atoms with Gasteiger partial charge in [0, 0.05) is 12.8 Å². The van der Waals surface area contributed by atoms with Crippen molar-refractivity contribution in [3.8, 4) is 0 Å². The molecular weight excluding hydrogens is 280 g/mol. The van der Waals surface area contributed by atoms with Crippen LogP contribution in [0.2, 0.25) is 0 Å². The van der Waals surface area contributed by atoms with Gasteiger partial charge in [0.05, 0.1) is 6.61 Å². The van der Waals surface area contributed by atoms with Crippen molar-refractivity contribution in [3.63, 3.8) is 0 Å². The molecular formula is C14H26O7. The van der Waals surface area contributed by atoms with E-state index < -0.39 is 17.9 Å². The highest BCUT2D eigenvalue weighted by Gasteiger charge is 2.03. The van der Waals surface area contributed by atoms with Crippen molar-refractivity contribution in [3.05, 3.63) is 0 Å². The summed E-state index contributed by atoms with van der Waals surface area (Å²) in [6.07, 6.45) is 1.94. The number of hydrogen-bond acceptors (Lipinski definition) is 5. The predicted octanol–water partition coefficient (Wildman–Crippen LogP) is 2.27. The Morgan fingerprint density at radius 2 is 1.24 bits per heavy atom. The number of ketones is 1. The number of ether oxygens (including phenoxy) is 1. The number of rotatable bonds is 7. The third kappa shape index (κ3) is 38.1. The highest BCUT2D eigenvalue weighted by Crippen LogP contribution is 1.86. The normalized spacial score (nSPS) is 8.38. The zero-order valence-corrected chi connectivity index (χ0v) is 13.2. The van der Waals surface area contributed by atoms with E-state index in [9.17, 15) is 19.2 Å². The molecule has 7 heteroatoms. The molecule has 0 amide bonds. The summed E-state index contributed by atoms with van der Waals surface area (Å²) in [6.45, 7) is 7.09. The Bertz CT molecular complexity index is 294. The van der Waals surface area contributed by atoms with Gasteiger partial charge in [-0.25, -0.2) is 0 Å². The largest absolute Gasteiger partial charge is 0.481 e. The number of carbonyl (C=O) groups is 4. The molecule has 0 unspecified atom stereocenters. The number of aliphatic carboxylic acids is 2. The van der Waals surface area contributed by atoms with E-state index in [0.29, 0.717) is 19.4 Å². The zero-order chi connectivity index (χ0) is 17.3. The summed E-state index contributed by atoms with van der Waals surface area (Å²) in [4.78, 5) is 39.8. The molecule has 0 radical (unpaired) electrons. The molecule has 0 rings (SSSR count). The molecule has 0 aliphatic rings. The number of carbonyl (C=O) groups excluding carboxylic acids is 2. The molecule has 21 heavy (non-hydrogen) atoms. The van der Waals surface area contributed by atoms with Crippen LogP contribution in [0.25, 0.3) is 0 Å². The van der Waals surface area contributed by atoms with Crippen LogP contribution in [0.4, 0.5) is 0 Å². The van der Waals surface area contributed by atoms with Crippen LogP contribution in [-0.2, 0) is 23.9 Å². The number of Topliss-reactive ketones (excluding diaryl/α,β-unsaturated/α-hetero) is 1. The summed E-state index contributed by atoms with van der Waals surface area (Å²) < 4.78 is 4.49. The minimum Gasteiger partial charge on any atom is -0.481 e. The number of carboxylic acid groups (broad SMARTS) is 2. The second-order valence-electron chi connectivity index (χ2n) is 3.97. The number of carboxylic acids is 2. The van der Waals surface area contributed by atoms with Gasteiger partial charge >= 0.3 is 17.9 Å². The molecule has 0 fully saturated rings. The molecule has 0 bridgehead atoms. The molecule has 7 nitrogen and oxygen atoms in total. The Kier molecular flexibility index (Phi) is 20.8. The van der Waals surface area contributed by atoms with Crippen LogP contribution < -0.4 is 0 Å². The summed E-state index contributed by atoms with van der Waals surface area (Å²) in [5, 5.41) is 15.8. The van der Waals surface area contributed by atoms with Crippen molar-refractivity contribution in [1.82, 2.24) is 0 Å². The maximum atomic E-state index is 10.4. The SMILES string of the molecule is CCCC(=O)O.CCCC(=O)O.CCOC(=O)CC(C)=O. The van der Waals surface area contributed by atoms with Gasteiger partial charge in [0.1, 0.15) is 12.2 Å². The Morgan fingerprint density at radius 1 is 0.857 bits per heavy atom. The van der Waals surface area contributed by atoms with Gasteiger partial charge in [-0.05, 0) is 26.7 Å². The lowest BCUT2D eigenvalue weighted by Gasteiger charge is -1.96. The van der Waals surface area contributed by atoms with Gasteiger partial charge in [-0.1, -0.05) is 13.8 Å². The van der Waals surface area contributed by atoms with Gasteiger partial charge in [-0.15, -0.1) is 0 Å². The molecule has 0 aliphatic heterocycles. The van der Waals surface area contributed by atoms with Crippen LogP contribution in [0.1, 0.15) is 59.8 Å². The van der Waals surface area contributed by atoms with E-state index in [2.05, 4.69) is 4.74 Å². The van der Waals surface area contributed by atoms with Crippen molar-refractivity contribution in [2.24, 2.45) is 0 Å². The van der Waals surface area contributed by atoms with Gasteiger partial charge < -0.3 is 14.9 Å². The van der Waals surface area contributed by atoms with Gasteiger partial charge in [-0.3, -0.25) is 19.2 Å². The van der Waals surface area contributed by atoms with E-state index in [1.165, 1.54) is 6.92 Å². The number of hydrogen-bond donors (Lipinski definition) is 2. The van der Waals surface area contributed by atoms with Crippen LogP contribution in [0.5, 0.6) is 0 Å². The maximum absolute atomic E-state index is 10.4. The lowest BCUT2D eigenvalue weighted by molar-refractivity contribution is -0.145. The minimum atomic E-state index is -0.711. The van der Waals surface area contributed by atoms with Gasteiger partial charge in [-0.2, -0.15) is 0 Å². The average molecular weight is 306 g/mol. The highest BCUT2D eigenvalue weighted by atomic mass is 16.5. The van der Waals surface area contributed by atoms with Crippen LogP contribution >= 0.6 is 0 Å². The fourth-order valence-corrected chi connectivity index (χ4v) is 0.843. The summed E-state index contributed by atoms with van der Waals surface area (Å²) in [5.74, 6) is -2.02. The van der Waals surface area contributed by atoms with Crippen molar-refractivity contribution in [2.45, 2.75) is 59.8 Å². The summed E-state index contributed by atoms with van der Waals surface area (Å²) >= 11 is 0. The van der Waals surface area contributed by atoms with E-state index in [1.807, 2.05) is 13.8 Å². The average Bonchev–Trinajstić information content (AvgIpc) is 2.29. The standard InChI is InChI=1S/C6H10O3.2C4H8O2/c1-3-9-6(8)4-5(2)7;2*1-2-3-4(5)6/h3-4H2,1-2H3;2*2-3H2,1H3,(H,5,6). The Hall–Kier alpha value is -1.92. The summed E-state index contributed by atoms with van der Waals surface area (Å²) in [7, 11) is 0. The molecule has 124 valence electrons. The van der Waals surface area contributed by atoms with Crippen molar-refractivity contribution < 1.29 is 34.1 Å². The lowest BCUT2D eigenvalue weighted by Crippen LogP contribution is -2.07. The van der Waals surface area contributed by atoms with Crippen molar-refractivity contribution >= 4 is 23.7 Å². The molecule has 2 N–H and O–H groups in total. The van der Waals surface area contributed by atoms with Crippen molar-refractivity contribution in [2.75, 3.05) is 6.61 Å². The molecule has 0 saturated heterocycles. The molecule has 0 aliphatic carbocycles. The number of esters is 1. The molecule has 0 atom stereocenters. The van der Waals surface area contributed by atoms with Crippen LogP contribution in [0, 0.1) is 0 Å². The first kappa shape index (κ1) is 24.1. The van der Waals surface area contributed by atoms with Crippen LogP contribution in [0.15, 0.2) is 0 Å². The van der Waals surface area contributed by atoms with Crippen LogP contribution in [0.3, 0.4) is 0 Å². The molecule has 0 spiro atoms. The first-order valence-corrected chi connectivity index (χ1v) is 6.79. The first-order valence-electron chi connectivity index (χ1n) is 6.79. The highest BCUT2D eigenvalue weighted by molar-refractivity contribution is 5.94. The van der Waals surface area contributed by atoms with E-state index in [0.717, 1.165) is 12.8 Å². The molecule has 0 aromatic rings. The summed E-state index contributed by atoms with van der Waals surface area (Å²) in [6, 6.07) is 0. The van der Waals surface area contributed by atoms with E-state index in [4.69, 9.17) is 10.2 Å². The van der Waals surface area contributed by atoms with Gasteiger partial charge in [0.25, 0.3) is 0 Å². The van der Waals surface area contributed by atoms with E-state index >= 15 is 0 Å². The van der Waals surface area contributed by atoms with E-state index in [1.54, 1.807) is 6.92 Å². The Morgan fingerprint density at radius 3 is 1.38 bits per heavy atom. The maximum Gasteiger partial charge on any atom is 0.313 e. The fraction of sp³-hybridized carbons (Fsp3) is 0.714.